The smallest absolute Gasteiger partial charge is 0.307 e. The molecule has 0 radical (unpaired) electrons. The van der Waals surface area contributed by atoms with Crippen molar-refractivity contribution in [1.29, 1.82) is 0 Å². The number of hydrogen-bond acceptors (Lipinski definition) is 3. The third-order valence-corrected chi connectivity index (χ3v) is 3.46. The Morgan fingerprint density at radius 1 is 1.50 bits per heavy atom. The summed E-state index contributed by atoms with van der Waals surface area (Å²) in [5, 5.41) is 18.4. The first-order valence-electron chi connectivity index (χ1n) is 6.06. The first-order valence-corrected chi connectivity index (χ1v) is 6.06. The van der Waals surface area contributed by atoms with E-state index in [1.807, 2.05) is 6.92 Å². The summed E-state index contributed by atoms with van der Waals surface area (Å²) < 4.78 is 0. The highest BCUT2D eigenvalue weighted by molar-refractivity contribution is 5.85. The molecule has 6 nitrogen and oxygen atoms in total. The number of carbonyl (C=O) groups is 2. The summed E-state index contributed by atoms with van der Waals surface area (Å²) in [6, 6.07) is 1.77. The second kappa shape index (κ2) is 5.20. The summed E-state index contributed by atoms with van der Waals surface area (Å²) >= 11 is 0. The Bertz CT molecular complexity index is 430. The molecule has 0 spiro atoms. The quantitative estimate of drug-likeness (QED) is 0.736. The van der Waals surface area contributed by atoms with E-state index in [-0.39, 0.29) is 11.8 Å². The Kier molecular flexibility index (Phi) is 3.64. The van der Waals surface area contributed by atoms with E-state index >= 15 is 0 Å². The van der Waals surface area contributed by atoms with Crippen LogP contribution in [0, 0.1) is 17.8 Å². The lowest BCUT2D eigenvalue weighted by Crippen LogP contribution is -2.35. The Morgan fingerprint density at radius 3 is 2.83 bits per heavy atom. The minimum absolute atomic E-state index is 0.179. The van der Waals surface area contributed by atoms with Crippen LogP contribution in [0.5, 0.6) is 0 Å². The number of carboxylic acids is 1. The Hall–Kier alpha value is -1.85. The van der Waals surface area contributed by atoms with Crippen LogP contribution in [-0.2, 0) is 16.1 Å². The molecule has 2 rings (SSSR count). The number of H-pyrrole nitrogens is 1. The molecule has 0 saturated heterocycles. The van der Waals surface area contributed by atoms with Crippen LogP contribution in [0.4, 0.5) is 0 Å². The zero-order chi connectivity index (χ0) is 13.1. The molecule has 1 aliphatic rings. The lowest BCUT2D eigenvalue weighted by molar-refractivity contribution is -0.146. The number of nitrogens with one attached hydrogen (secondary N) is 2. The number of hydrogen-bond donors (Lipinski definition) is 3. The van der Waals surface area contributed by atoms with Crippen molar-refractivity contribution in [2.45, 2.75) is 26.3 Å². The zero-order valence-electron chi connectivity index (χ0n) is 10.2. The molecule has 18 heavy (non-hydrogen) atoms. The van der Waals surface area contributed by atoms with Gasteiger partial charge < -0.3 is 10.4 Å². The van der Waals surface area contributed by atoms with Gasteiger partial charge in [0.1, 0.15) is 0 Å². The van der Waals surface area contributed by atoms with E-state index in [9.17, 15) is 9.59 Å². The number of aromatic amines is 1. The van der Waals surface area contributed by atoms with Gasteiger partial charge in [0.25, 0.3) is 0 Å². The molecule has 1 fully saturated rings. The van der Waals surface area contributed by atoms with Crippen LogP contribution in [0.3, 0.4) is 0 Å². The van der Waals surface area contributed by atoms with E-state index in [2.05, 4.69) is 15.5 Å². The molecule has 1 heterocycles. The number of aliphatic carboxylic acids is 1. The van der Waals surface area contributed by atoms with Gasteiger partial charge in [-0.3, -0.25) is 14.7 Å². The van der Waals surface area contributed by atoms with Gasteiger partial charge in [-0.1, -0.05) is 6.92 Å². The predicted molar refractivity (Wildman–Crippen MR) is 63.4 cm³/mol. The van der Waals surface area contributed by atoms with Crippen molar-refractivity contribution < 1.29 is 14.7 Å². The second-order valence-corrected chi connectivity index (χ2v) is 4.93. The van der Waals surface area contributed by atoms with E-state index in [1.54, 1.807) is 12.3 Å². The van der Waals surface area contributed by atoms with Crippen molar-refractivity contribution in [3.8, 4) is 0 Å². The zero-order valence-corrected chi connectivity index (χ0v) is 10.2. The Labute approximate surface area is 105 Å². The van der Waals surface area contributed by atoms with Gasteiger partial charge in [0, 0.05) is 6.20 Å². The van der Waals surface area contributed by atoms with Gasteiger partial charge in [-0.2, -0.15) is 5.10 Å². The molecule has 1 saturated carbocycles. The van der Waals surface area contributed by atoms with Crippen LogP contribution in [0.1, 0.15) is 25.5 Å². The minimum atomic E-state index is -0.874. The van der Waals surface area contributed by atoms with Crippen molar-refractivity contribution in [3.63, 3.8) is 0 Å². The summed E-state index contributed by atoms with van der Waals surface area (Å²) in [5.41, 5.74) is 0.807. The average Bonchev–Trinajstić information content (AvgIpc) is 2.94. The van der Waals surface area contributed by atoms with E-state index in [4.69, 9.17) is 5.11 Å². The molecule has 0 aliphatic heterocycles. The Morgan fingerprint density at radius 2 is 2.22 bits per heavy atom. The van der Waals surface area contributed by atoms with Gasteiger partial charge in [-0.15, -0.1) is 0 Å². The van der Waals surface area contributed by atoms with Crippen molar-refractivity contribution in [3.05, 3.63) is 18.0 Å². The molecule has 98 valence electrons. The van der Waals surface area contributed by atoms with Crippen molar-refractivity contribution in [1.82, 2.24) is 15.5 Å². The largest absolute Gasteiger partial charge is 0.481 e. The highest BCUT2D eigenvalue weighted by Crippen LogP contribution is 2.36. The maximum atomic E-state index is 12.0. The van der Waals surface area contributed by atoms with Gasteiger partial charge in [0.15, 0.2) is 0 Å². The van der Waals surface area contributed by atoms with Gasteiger partial charge in [-0.25, -0.2) is 0 Å². The first kappa shape index (κ1) is 12.6. The van der Waals surface area contributed by atoms with Crippen molar-refractivity contribution in [2.75, 3.05) is 0 Å². The van der Waals surface area contributed by atoms with Crippen molar-refractivity contribution in [2.24, 2.45) is 17.8 Å². The summed E-state index contributed by atoms with van der Waals surface area (Å²) in [4.78, 5) is 23.1. The van der Waals surface area contributed by atoms with Crippen LogP contribution in [0.2, 0.25) is 0 Å². The number of carbonyl (C=O) groups excluding carboxylic acids is 1. The van der Waals surface area contributed by atoms with Crippen LogP contribution < -0.4 is 5.32 Å². The standard InChI is InChI=1S/C12H17N3O3/c1-7-4-9(10(5-7)12(17)18)11(16)13-6-8-2-3-14-15-8/h2-3,7,9-10H,4-6H2,1H3,(H,13,16)(H,14,15)(H,17,18). The van der Waals surface area contributed by atoms with Crippen LogP contribution in [-0.4, -0.2) is 27.2 Å². The molecule has 6 heteroatoms. The van der Waals surface area contributed by atoms with Gasteiger partial charge in [0.05, 0.1) is 24.1 Å². The fourth-order valence-corrected chi connectivity index (χ4v) is 2.55. The summed E-state index contributed by atoms with van der Waals surface area (Å²) in [7, 11) is 0. The molecule has 0 aromatic carbocycles. The number of aromatic nitrogens is 2. The molecule has 3 atom stereocenters. The molecule has 3 N–H and O–H groups in total. The number of carboxylic acid groups (broad SMARTS) is 1. The molecule has 0 bridgehead atoms. The lowest BCUT2D eigenvalue weighted by atomic mass is 9.95. The highest BCUT2D eigenvalue weighted by atomic mass is 16.4. The lowest BCUT2D eigenvalue weighted by Gasteiger charge is -2.15. The molecule has 1 aliphatic carbocycles. The SMILES string of the molecule is CC1CC(C(=O)O)C(C(=O)NCc2ccn[nH]2)C1. The molecule has 1 amide bonds. The normalized spacial score (nSPS) is 27.1. The first-order chi connectivity index (χ1) is 8.58. The average molecular weight is 251 g/mol. The molecule has 1 aromatic rings. The summed E-state index contributed by atoms with van der Waals surface area (Å²) in [6.07, 6.45) is 2.84. The molecular formula is C12H17N3O3. The molecular weight excluding hydrogens is 234 g/mol. The molecule has 1 aromatic heterocycles. The second-order valence-electron chi connectivity index (χ2n) is 4.93. The summed E-state index contributed by atoms with van der Waals surface area (Å²) in [5.74, 6) is -1.74. The maximum absolute atomic E-state index is 12.0. The third-order valence-electron chi connectivity index (χ3n) is 3.46. The van der Waals surface area contributed by atoms with Crippen molar-refractivity contribution >= 4 is 11.9 Å². The van der Waals surface area contributed by atoms with E-state index in [0.29, 0.717) is 19.4 Å². The van der Waals surface area contributed by atoms with E-state index in [1.165, 1.54) is 0 Å². The topological polar surface area (TPSA) is 95.1 Å². The monoisotopic (exact) mass is 251 g/mol. The molecule has 3 unspecified atom stereocenters. The summed E-state index contributed by atoms with van der Waals surface area (Å²) in [6.45, 7) is 2.34. The highest BCUT2D eigenvalue weighted by Gasteiger charge is 2.40. The fraction of sp³-hybridized carbons (Fsp3) is 0.583. The van der Waals surface area contributed by atoms with Crippen LogP contribution in [0.15, 0.2) is 12.3 Å². The number of amides is 1. The van der Waals surface area contributed by atoms with Crippen LogP contribution >= 0.6 is 0 Å². The maximum Gasteiger partial charge on any atom is 0.307 e. The number of nitrogens with zero attached hydrogens (tertiary/aromatic N) is 1. The third kappa shape index (κ3) is 2.69. The van der Waals surface area contributed by atoms with E-state index < -0.39 is 17.8 Å². The number of rotatable bonds is 4. The Balaban J connectivity index is 1.93. The van der Waals surface area contributed by atoms with E-state index in [0.717, 1.165) is 5.69 Å². The fourth-order valence-electron chi connectivity index (χ4n) is 2.55. The predicted octanol–water partition coefficient (Wildman–Crippen LogP) is 0.773. The van der Waals surface area contributed by atoms with Gasteiger partial charge >= 0.3 is 5.97 Å². The minimum Gasteiger partial charge on any atom is -0.481 e. The van der Waals surface area contributed by atoms with Crippen LogP contribution in [0.25, 0.3) is 0 Å². The van der Waals surface area contributed by atoms with Gasteiger partial charge in [0.2, 0.25) is 5.91 Å². The van der Waals surface area contributed by atoms with Gasteiger partial charge in [-0.05, 0) is 24.8 Å².